The molecule has 0 amide bonds. The molecule has 2 aliphatic heterocycles. The first kappa shape index (κ1) is 8.52. The number of nitrogens with one attached hydrogen (secondary N) is 1. The lowest BCUT2D eigenvalue weighted by Crippen LogP contribution is -2.45. The molecule has 2 rings (SSSR count). The summed E-state index contributed by atoms with van der Waals surface area (Å²) >= 11 is 0. The lowest BCUT2D eigenvalue weighted by Gasteiger charge is -2.24. The van der Waals surface area contributed by atoms with Crippen molar-refractivity contribution in [3.05, 3.63) is 12.3 Å². The highest BCUT2D eigenvalue weighted by atomic mass is 16.6. The van der Waals surface area contributed by atoms with Crippen LogP contribution < -0.4 is 5.43 Å². The standard InChI is InChI=1S/C8H12N2O3/c1-5(8(11)12)6-2-3-9-10(6)7-4-13-7/h2-3,5-7,9H,4H2,1H3,(H,11,12). The first-order valence-corrected chi connectivity index (χ1v) is 4.26. The zero-order valence-corrected chi connectivity index (χ0v) is 7.30. The molecule has 0 radical (unpaired) electrons. The van der Waals surface area contributed by atoms with Crippen molar-refractivity contribution >= 4 is 5.97 Å². The number of aliphatic carboxylic acids is 1. The fourth-order valence-corrected chi connectivity index (χ4v) is 1.44. The van der Waals surface area contributed by atoms with Gasteiger partial charge in [0.2, 0.25) is 0 Å². The normalized spacial score (nSPS) is 34.2. The number of carboxylic acids is 1. The number of hydrogen-bond acceptors (Lipinski definition) is 4. The number of nitrogens with zero attached hydrogens (tertiary/aromatic N) is 1. The number of hydrogen-bond donors (Lipinski definition) is 2. The van der Waals surface area contributed by atoms with Crippen molar-refractivity contribution in [2.45, 2.75) is 19.2 Å². The van der Waals surface area contributed by atoms with Crippen LogP contribution in [-0.2, 0) is 9.53 Å². The Kier molecular flexibility index (Phi) is 1.97. The van der Waals surface area contributed by atoms with Gasteiger partial charge in [-0.05, 0) is 6.08 Å². The Balaban J connectivity index is 2.03. The number of rotatable bonds is 3. The molecule has 0 spiro atoms. The monoisotopic (exact) mass is 184 g/mol. The second kappa shape index (κ2) is 3.01. The average molecular weight is 184 g/mol. The fourth-order valence-electron chi connectivity index (χ4n) is 1.44. The summed E-state index contributed by atoms with van der Waals surface area (Å²) in [7, 11) is 0. The summed E-state index contributed by atoms with van der Waals surface area (Å²) < 4.78 is 5.08. The van der Waals surface area contributed by atoms with E-state index in [1.54, 1.807) is 13.1 Å². The van der Waals surface area contributed by atoms with E-state index >= 15 is 0 Å². The third-order valence-electron chi connectivity index (χ3n) is 2.37. The number of carbonyl (C=O) groups is 1. The van der Waals surface area contributed by atoms with Crippen molar-refractivity contribution < 1.29 is 14.6 Å². The van der Waals surface area contributed by atoms with Crippen LogP contribution in [0.5, 0.6) is 0 Å². The van der Waals surface area contributed by atoms with E-state index in [0.29, 0.717) is 6.61 Å². The van der Waals surface area contributed by atoms with Gasteiger partial charge in [-0.3, -0.25) is 4.79 Å². The molecule has 13 heavy (non-hydrogen) atoms. The maximum Gasteiger partial charge on any atom is 0.308 e. The Morgan fingerprint density at radius 1 is 1.85 bits per heavy atom. The molecule has 0 aromatic rings. The molecule has 0 aliphatic carbocycles. The number of ether oxygens (including phenoxy) is 1. The van der Waals surface area contributed by atoms with Crippen LogP contribution >= 0.6 is 0 Å². The summed E-state index contributed by atoms with van der Waals surface area (Å²) in [5.74, 6) is -1.21. The van der Waals surface area contributed by atoms with Crippen LogP contribution in [-0.4, -0.2) is 35.0 Å². The minimum Gasteiger partial charge on any atom is -0.481 e. The van der Waals surface area contributed by atoms with Gasteiger partial charge < -0.3 is 15.3 Å². The fraction of sp³-hybridized carbons (Fsp3) is 0.625. The minimum atomic E-state index is -0.788. The van der Waals surface area contributed by atoms with Gasteiger partial charge in [0.1, 0.15) is 0 Å². The first-order chi connectivity index (χ1) is 6.20. The Morgan fingerprint density at radius 3 is 3.08 bits per heavy atom. The van der Waals surface area contributed by atoms with Crippen molar-refractivity contribution in [1.82, 2.24) is 10.4 Å². The third-order valence-corrected chi connectivity index (χ3v) is 2.37. The van der Waals surface area contributed by atoms with Crippen molar-refractivity contribution in [1.29, 1.82) is 0 Å². The summed E-state index contributed by atoms with van der Waals surface area (Å²) in [6.45, 7) is 2.37. The Hall–Kier alpha value is -1.07. The number of epoxide rings is 1. The zero-order valence-electron chi connectivity index (χ0n) is 7.30. The quantitative estimate of drug-likeness (QED) is 0.593. The van der Waals surface area contributed by atoms with Gasteiger partial charge in [-0.25, -0.2) is 0 Å². The van der Waals surface area contributed by atoms with E-state index in [-0.39, 0.29) is 12.3 Å². The summed E-state index contributed by atoms with van der Waals surface area (Å²) in [5.41, 5.74) is 2.97. The lowest BCUT2D eigenvalue weighted by atomic mass is 10.0. The molecule has 1 saturated heterocycles. The van der Waals surface area contributed by atoms with E-state index in [9.17, 15) is 4.79 Å². The lowest BCUT2D eigenvalue weighted by molar-refractivity contribution is -0.143. The van der Waals surface area contributed by atoms with Gasteiger partial charge in [-0.2, -0.15) is 5.01 Å². The second-order valence-corrected chi connectivity index (χ2v) is 3.30. The Morgan fingerprint density at radius 2 is 2.54 bits per heavy atom. The maximum atomic E-state index is 10.7. The highest BCUT2D eigenvalue weighted by Gasteiger charge is 2.40. The van der Waals surface area contributed by atoms with Crippen molar-refractivity contribution in [3.8, 4) is 0 Å². The van der Waals surface area contributed by atoms with E-state index in [0.717, 1.165) is 0 Å². The van der Waals surface area contributed by atoms with Gasteiger partial charge in [-0.1, -0.05) is 6.92 Å². The van der Waals surface area contributed by atoms with Crippen LogP contribution in [0.15, 0.2) is 12.3 Å². The third kappa shape index (κ3) is 1.52. The smallest absolute Gasteiger partial charge is 0.308 e. The highest BCUT2D eigenvalue weighted by Crippen LogP contribution is 2.24. The second-order valence-electron chi connectivity index (χ2n) is 3.30. The molecule has 0 bridgehead atoms. The molecular weight excluding hydrogens is 172 g/mol. The molecule has 72 valence electrons. The molecule has 0 aromatic carbocycles. The molecule has 5 heteroatoms. The van der Waals surface area contributed by atoms with Gasteiger partial charge in [-0.15, -0.1) is 0 Å². The predicted octanol–water partition coefficient (Wildman–Crippen LogP) is -0.234. The van der Waals surface area contributed by atoms with Gasteiger partial charge in [0, 0.05) is 6.20 Å². The summed E-state index contributed by atoms with van der Waals surface area (Å²) in [6.07, 6.45) is 3.65. The number of carboxylic acid groups (broad SMARTS) is 1. The van der Waals surface area contributed by atoms with Crippen LogP contribution in [0.1, 0.15) is 6.92 Å². The zero-order chi connectivity index (χ0) is 9.42. The van der Waals surface area contributed by atoms with Crippen LogP contribution in [0.4, 0.5) is 0 Å². The molecule has 1 fully saturated rings. The summed E-state index contributed by atoms with van der Waals surface area (Å²) in [4.78, 5) is 10.7. The van der Waals surface area contributed by atoms with Gasteiger partial charge in [0.05, 0.1) is 18.6 Å². The predicted molar refractivity (Wildman–Crippen MR) is 44.4 cm³/mol. The Bertz CT molecular complexity index is 250. The minimum absolute atomic E-state index is 0.0433. The molecule has 0 aromatic heterocycles. The molecule has 2 N–H and O–H groups in total. The van der Waals surface area contributed by atoms with E-state index in [2.05, 4.69) is 5.43 Å². The van der Waals surface area contributed by atoms with E-state index in [1.165, 1.54) is 0 Å². The SMILES string of the molecule is CC(C(=O)O)C1C=CNN1C1CO1. The molecule has 2 heterocycles. The largest absolute Gasteiger partial charge is 0.481 e. The van der Waals surface area contributed by atoms with Crippen LogP contribution in [0.2, 0.25) is 0 Å². The van der Waals surface area contributed by atoms with Gasteiger partial charge in [0.15, 0.2) is 6.23 Å². The topological polar surface area (TPSA) is 65.1 Å². The highest BCUT2D eigenvalue weighted by molar-refractivity contribution is 5.70. The van der Waals surface area contributed by atoms with Crippen molar-refractivity contribution in [2.24, 2.45) is 5.92 Å². The maximum absolute atomic E-state index is 10.7. The van der Waals surface area contributed by atoms with Crippen molar-refractivity contribution in [2.75, 3.05) is 6.61 Å². The van der Waals surface area contributed by atoms with Crippen molar-refractivity contribution in [3.63, 3.8) is 0 Å². The van der Waals surface area contributed by atoms with Gasteiger partial charge in [0.25, 0.3) is 0 Å². The van der Waals surface area contributed by atoms with E-state index in [1.807, 2.05) is 11.1 Å². The van der Waals surface area contributed by atoms with Crippen LogP contribution in [0.25, 0.3) is 0 Å². The summed E-state index contributed by atoms with van der Waals surface area (Å²) in [6, 6.07) is -0.106. The average Bonchev–Trinajstić information content (AvgIpc) is 2.83. The molecule has 3 atom stereocenters. The van der Waals surface area contributed by atoms with Crippen LogP contribution in [0, 0.1) is 5.92 Å². The molecule has 3 unspecified atom stereocenters. The Labute approximate surface area is 75.9 Å². The van der Waals surface area contributed by atoms with Gasteiger partial charge >= 0.3 is 5.97 Å². The molecule has 2 aliphatic rings. The number of hydrazine groups is 1. The van der Waals surface area contributed by atoms with E-state index in [4.69, 9.17) is 9.84 Å². The molecule has 5 nitrogen and oxygen atoms in total. The van der Waals surface area contributed by atoms with Crippen LogP contribution in [0.3, 0.4) is 0 Å². The van der Waals surface area contributed by atoms with E-state index < -0.39 is 11.9 Å². The molecule has 0 saturated carbocycles. The molecular formula is C8H12N2O3. The summed E-state index contributed by atoms with van der Waals surface area (Å²) in [5, 5.41) is 10.7. The first-order valence-electron chi connectivity index (χ1n) is 4.26.